The van der Waals surface area contributed by atoms with Crippen LogP contribution in [0.1, 0.15) is 64.4 Å². The average molecular weight is 394 g/mol. The maximum atomic E-state index is 13.4. The highest BCUT2D eigenvalue weighted by Crippen LogP contribution is 2.10. The predicted molar refractivity (Wildman–Crippen MR) is 107 cm³/mol. The molecule has 3 amide bonds. The van der Waals surface area contributed by atoms with Gasteiger partial charge in [-0.15, -0.1) is 0 Å². The number of halogens is 1. The van der Waals surface area contributed by atoms with E-state index in [1.54, 1.807) is 6.07 Å². The summed E-state index contributed by atoms with van der Waals surface area (Å²) >= 11 is 0. The molecule has 0 saturated carbocycles. The van der Waals surface area contributed by atoms with Crippen molar-refractivity contribution in [2.45, 2.75) is 77.3 Å². The number of unbranched alkanes of at least 4 members (excludes halogenated alkanes) is 5. The van der Waals surface area contributed by atoms with Crippen LogP contribution in [0.25, 0.3) is 0 Å². The monoisotopic (exact) mass is 393 g/mol. The first-order valence-corrected chi connectivity index (χ1v) is 9.94. The molecule has 0 fully saturated rings. The zero-order valence-corrected chi connectivity index (χ0v) is 16.8. The molecule has 1 aromatic carbocycles. The summed E-state index contributed by atoms with van der Waals surface area (Å²) in [6, 6.07) is 4.13. The van der Waals surface area contributed by atoms with Gasteiger partial charge in [-0.1, -0.05) is 57.6 Å². The number of benzene rings is 1. The Bertz CT molecular complexity index is 652. The van der Waals surface area contributed by atoms with Gasteiger partial charge in [0, 0.05) is 13.3 Å². The van der Waals surface area contributed by atoms with Crippen molar-refractivity contribution >= 4 is 17.7 Å². The van der Waals surface area contributed by atoms with Crippen molar-refractivity contribution in [3.05, 3.63) is 35.6 Å². The van der Waals surface area contributed by atoms with Crippen molar-refractivity contribution < 1.29 is 18.8 Å². The van der Waals surface area contributed by atoms with Gasteiger partial charge in [0.05, 0.1) is 0 Å². The SMILES string of the molecule is CCCCCCCC[C@@H](NC(=O)[C@H](Cc1cccc(F)c1)NC(C)=O)C(N)=O. The maximum absolute atomic E-state index is 13.4. The van der Waals surface area contributed by atoms with Crippen molar-refractivity contribution in [3.8, 4) is 0 Å². The van der Waals surface area contributed by atoms with Gasteiger partial charge in [0.15, 0.2) is 0 Å². The molecule has 6 nitrogen and oxygen atoms in total. The fourth-order valence-electron chi connectivity index (χ4n) is 3.04. The zero-order chi connectivity index (χ0) is 20.9. The lowest BCUT2D eigenvalue weighted by Crippen LogP contribution is -2.53. The molecule has 0 aromatic heterocycles. The Hall–Kier alpha value is -2.44. The van der Waals surface area contributed by atoms with E-state index in [-0.39, 0.29) is 12.3 Å². The van der Waals surface area contributed by atoms with Gasteiger partial charge in [-0.3, -0.25) is 14.4 Å². The first-order valence-electron chi connectivity index (χ1n) is 9.94. The lowest BCUT2D eigenvalue weighted by molar-refractivity contribution is -0.130. The van der Waals surface area contributed by atoms with Gasteiger partial charge in [0.25, 0.3) is 0 Å². The van der Waals surface area contributed by atoms with E-state index in [1.165, 1.54) is 31.5 Å². The summed E-state index contributed by atoms with van der Waals surface area (Å²) in [6.07, 6.45) is 6.92. The Balaban J connectivity index is 2.66. The first-order chi connectivity index (χ1) is 13.3. The molecule has 0 aliphatic carbocycles. The van der Waals surface area contributed by atoms with Crippen molar-refractivity contribution in [1.82, 2.24) is 10.6 Å². The number of nitrogens with one attached hydrogen (secondary N) is 2. The molecule has 0 unspecified atom stereocenters. The van der Waals surface area contributed by atoms with Crippen LogP contribution in [-0.2, 0) is 20.8 Å². The molecule has 1 aromatic rings. The second kappa shape index (κ2) is 12.9. The fourth-order valence-corrected chi connectivity index (χ4v) is 3.04. The maximum Gasteiger partial charge on any atom is 0.243 e. The van der Waals surface area contributed by atoms with E-state index in [4.69, 9.17) is 5.73 Å². The second-order valence-electron chi connectivity index (χ2n) is 7.11. The molecule has 1 rings (SSSR count). The van der Waals surface area contributed by atoms with Crippen LogP contribution in [0.15, 0.2) is 24.3 Å². The van der Waals surface area contributed by atoms with E-state index in [9.17, 15) is 18.8 Å². The highest BCUT2D eigenvalue weighted by molar-refractivity contribution is 5.91. The summed E-state index contributed by atoms with van der Waals surface area (Å²) in [5, 5.41) is 5.19. The number of primary amides is 1. The van der Waals surface area contributed by atoms with Crippen LogP contribution in [-0.4, -0.2) is 29.8 Å². The standard InChI is InChI=1S/C21H32FN3O3/c1-3-4-5-6-7-8-12-18(20(23)27)25-21(28)19(24-15(2)26)14-16-10-9-11-17(22)13-16/h9-11,13,18-19H,3-8,12,14H2,1-2H3,(H2,23,27)(H,24,26)(H,25,28)/t18-,19+/m1/s1. The predicted octanol–water partition coefficient (Wildman–Crippen LogP) is 2.59. The highest BCUT2D eigenvalue weighted by atomic mass is 19.1. The van der Waals surface area contributed by atoms with Crippen LogP contribution >= 0.6 is 0 Å². The summed E-state index contributed by atoms with van der Waals surface area (Å²) in [5.41, 5.74) is 6.00. The van der Waals surface area contributed by atoms with Crippen molar-refractivity contribution in [3.63, 3.8) is 0 Å². The van der Waals surface area contributed by atoms with E-state index in [2.05, 4.69) is 17.6 Å². The Morgan fingerprint density at radius 2 is 1.71 bits per heavy atom. The summed E-state index contributed by atoms with van der Waals surface area (Å²) in [6.45, 7) is 3.45. The third kappa shape index (κ3) is 9.48. The minimum Gasteiger partial charge on any atom is -0.368 e. The highest BCUT2D eigenvalue weighted by Gasteiger charge is 2.25. The molecular weight excluding hydrogens is 361 g/mol. The molecule has 7 heteroatoms. The van der Waals surface area contributed by atoms with E-state index in [0.717, 1.165) is 32.1 Å². The average Bonchev–Trinajstić information content (AvgIpc) is 2.62. The van der Waals surface area contributed by atoms with Crippen LogP contribution in [0.5, 0.6) is 0 Å². The molecule has 0 heterocycles. The van der Waals surface area contributed by atoms with Gasteiger partial charge in [0.2, 0.25) is 17.7 Å². The van der Waals surface area contributed by atoms with Crippen molar-refractivity contribution in [2.75, 3.05) is 0 Å². The second-order valence-corrected chi connectivity index (χ2v) is 7.11. The number of nitrogens with two attached hydrogens (primary N) is 1. The quantitative estimate of drug-likeness (QED) is 0.449. The normalized spacial score (nSPS) is 12.8. The van der Waals surface area contributed by atoms with E-state index in [0.29, 0.717) is 12.0 Å². The van der Waals surface area contributed by atoms with Gasteiger partial charge < -0.3 is 16.4 Å². The summed E-state index contributed by atoms with van der Waals surface area (Å²) in [5.74, 6) is -1.91. The minimum absolute atomic E-state index is 0.117. The van der Waals surface area contributed by atoms with Gasteiger partial charge in [-0.05, 0) is 24.1 Å². The van der Waals surface area contributed by atoms with Crippen LogP contribution in [0, 0.1) is 5.82 Å². The third-order valence-corrected chi connectivity index (χ3v) is 4.53. The number of carbonyl (C=O) groups is 3. The van der Waals surface area contributed by atoms with Crippen LogP contribution in [0.2, 0.25) is 0 Å². The Labute approximate surface area is 166 Å². The number of hydrogen-bond acceptors (Lipinski definition) is 3. The summed E-state index contributed by atoms with van der Waals surface area (Å²) < 4.78 is 13.4. The number of amides is 3. The van der Waals surface area contributed by atoms with E-state index >= 15 is 0 Å². The Kier molecular flexibility index (Phi) is 10.8. The van der Waals surface area contributed by atoms with Gasteiger partial charge in [-0.25, -0.2) is 4.39 Å². The molecule has 4 N–H and O–H groups in total. The summed E-state index contributed by atoms with van der Waals surface area (Å²) in [7, 11) is 0. The molecule has 0 spiro atoms. The number of hydrogen-bond donors (Lipinski definition) is 3. The van der Waals surface area contributed by atoms with E-state index in [1.807, 2.05) is 0 Å². The lowest BCUT2D eigenvalue weighted by atomic mass is 10.0. The van der Waals surface area contributed by atoms with Gasteiger partial charge >= 0.3 is 0 Å². The smallest absolute Gasteiger partial charge is 0.243 e. The molecule has 156 valence electrons. The zero-order valence-electron chi connectivity index (χ0n) is 16.8. The van der Waals surface area contributed by atoms with Crippen molar-refractivity contribution in [1.29, 1.82) is 0 Å². The van der Waals surface area contributed by atoms with Crippen LogP contribution in [0.4, 0.5) is 4.39 Å². The topological polar surface area (TPSA) is 101 Å². The number of carbonyl (C=O) groups excluding carboxylic acids is 3. The first kappa shape index (κ1) is 23.6. The lowest BCUT2D eigenvalue weighted by Gasteiger charge is -2.21. The molecule has 0 bridgehead atoms. The summed E-state index contributed by atoms with van der Waals surface area (Å²) in [4.78, 5) is 35.8. The van der Waals surface area contributed by atoms with Gasteiger partial charge in [0.1, 0.15) is 17.9 Å². The number of rotatable bonds is 13. The molecule has 2 atom stereocenters. The van der Waals surface area contributed by atoms with Crippen LogP contribution in [0.3, 0.4) is 0 Å². The Morgan fingerprint density at radius 3 is 2.32 bits per heavy atom. The van der Waals surface area contributed by atoms with Crippen molar-refractivity contribution in [2.24, 2.45) is 5.73 Å². The van der Waals surface area contributed by atoms with Crippen LogP contribution < -0.4 is 16.4 Å². The Morgan fingerprint density at radius 1 is 1.04 bits per heavy atom. The largest absolute Gasteiger partial charge is 0.368 e. The molecular formula is C21H32FN3O3. The minimum atomic E-state index is -0.911. The van der Waals surface area contributed by atoms with E-state index < -0.39 is 29.7 Å². The molecule has 0 radical (unpaired) electrons. The third-order valence-electron chi connectivity index (χ3n) is 4.53. The molecule has 28 heavy (non-hydrogen) atoms. The molecule has 0 aliphatic rings. The molecule has 0 aliphatic heterocycles. The van der Waals surface area contributed by atoms with Gasteiger partial charge in [-0.2, -0.15) is 0 Å². The fraction of sp³-hybridized carbons (Fsp3) is 0.571. The molecule has 0 saturated heterocycles.